The van der Waals surface area contributed by atoms with E-state index in [4.69, 9.17) is 4.42 Å². The van der Waals surface area contributed by atoms with Crippen LogP contribution in [0.3, 0.4) is 0 Å². The van der Waals surface area contributed by atoms with Crippen LogP contribution < -0.4 is 0 Å². The summed E-state index contributed by atoms with van der Waals surface area (Å²) in [5.74, 6) is 1.39. The van der Waals surface area contributed by atoms with Crippen molar-refractivity contribution in [3.05, 3.63) is 36.2 Å². The number of rotatable bonds is 6. The molecule has 3 nitrogen and oxygen atoms in total. The predicted molar refractivity (Wildman–Crippen MR) is 76.9 cm³/mol. The van der Waals surface area contributed by atoms with Crippen molar-refractivity contribution in [1.29, 1.82) is 0 Å². The molecule has 1 heterocycles. The van der Waals surface area contributed by atoms with Crippen molar-refractivity contribution in [3.8, 4) is 11.5 Å². The Balaban J connectivity index is 2.29. The van der Waals surface area contributed by atoms with E-state index in [1.54, 1.807) is 0 Å². The molecule has 102 valence electrons. The maximum absolute atomic E-state index is 5.92. The van der Waals surface area contributed by atoms with Gasteiger partial charge in [0, 0.05) is 11.0 Å². The molecule has 0 radical (unpaired) electrons. The number of benzene rings is 1. The highest BCUT2D eigenvalue weighted by atomic mass is 16.4. The van der Waals surface area contributed by atoms with E-state index in [-0.39, 0.29) is 5.41 Å². The van der Waals surface area contributed by atoms with Gasteiger partial charge in [0.25, 0.3) is 0 Å². The summed E-state index contributed by atoms with van der Waals surface area (Å²) in [4.78, 5) is 0. The monoisotopic (exact) mass is 258 g/mol. The van der Waals surface area contributed by atoms with E-state index in [1.807, 2.05) is 30.3 Å². The maximum Gasteiger partial charge on any atom is 0.247 e. The Labute approximate surface area is 115 Å². The van der Waals surface area contributed by atoms with Crippen molar-refractivity contribution in [1.82, 2.24) is 10.2 Å². The molecule has 0 amide bonds. The molecule has 0 bridgehead atoms. The van der Waals surface area contributed by atoms with Gasteiger partial charge < -0.3 is 4.42 Å². The van der Waals surface area contributed by atoms with E-state index in [2.05, 4.69) is 31.0 Å². The fourth-order valence-corrected chi connectivity index (χ4v) is 2.61. The SMILES string of the molecule is CCCC(C)(CCC)c1nnc(-c2ccccc2)o1. The molecule has 2 rings (SSSR count). The van der Waals surface area contributed by atoms with Gasteiger partial charge in [0.1, 0.15) is 0 Å². The fraction of sp³-hybridized carbons (Fsp3) is 0.500. The first-order chi connectivity index (χ1) is 9.19. The second-order valence-electron chi connectivity index (χ2n) is 5.34. The van der Waals surface area contributed by atoms with Crippen molar-refractivity contribution in [3.63, 3.8) is 0 Å². The Morgan fingerprint density at radius 1 is 1.00 bits per heavy atom. The van der Waals surface area contributed by atoms with E-state index in [9.17, 15) is 0 Å². The van der Waals surface area contributed by atoms with Crippen LogP contribution in [0, 0.1) is 0 Å². The van der Waals surface area contributed by atoms with Gasteiger partial charge in [-0.2, -0.15) is 0 Å². The third-order valence-electron chi connectivity index (χ3n) is 3.57. The summed E-state index contributed by atoms with van der Waals surface area (Å²) in [5.41, 5.74) is 0.986. The fourth-order valence-electron chi connectivity index (χ4n) is 2.61. The molecule has 19 heavy (non-hydrogen) atoms. The van der Waals surface area contributed by atoms with Gasteiger partial charge in [0.15, 0.2) is 0 Å². The van der Waals surface area contributed by atoms with Gasteiger partial charge in [0.2, 0.25) is 11.8 Å². The first-order valence-electron chi connectivity index (χ1n) is 7.09. The van der Waals surface area contributed by atoms with Crippen LogP contribution in [0.25, 0.3) is 11.5 Å². The van der Waals surface area contributed by atoms with Crippen LogP contribution in [0.1, 0.15) is 52.3 Å². The second kappa shape index (κ2) is 6.00. The Morgan fingerprint density at radius 2 is 1.63 bits per heavy atom. The van der Waals surface area contributed by atoms with Gasteiger partial charge in [-0.3, -0.25) is 0 Å². The molecular formula is C16H22N2O. The highest BCUT2D eigenvalue weighted by Gasteiger charge is 2.31. The van der Waals surface area contributed by atoms with Crippen molar-refractivity contribution in [2.75, 3.05) is 0 Å². The molecule has 0 fully saturated rings. The topological polar surface area (TPSA) is 38.9 Å². The second-order valence-corrected chi connectivity index (χ2v) is 5.34. The molecule has 3 heteroatoms. The van der Waals surface area contributed by atoms with Gasteiger partial charge in [0.05, 0.1) is 0 Å². The smallest absolute Gasteiger partial charge is 0.247 e. The van der Waals surface area contributed by atoms with Crippen LogP contribution in [0.15, 0.2) is 34.7 Å². The Kier molecular flexibility index (Phi) is 4.35. The minimum Gasteiger partial charge on any atom is -0.420 e. The summed E-state index contributed by atoms with van der Waals surface area (Å²) in [5, 5.41) is 8.49. The third-order valence-corrected chi connectivity index (χ3v) is 3.57. The molecule has 0 spiro atoms. The van der Waals surface area contributed by atoms with Crippen molar-refractivity contribution >= 4 is 0 Å². The van der Waals surface area contributed by atoms with Crippen LogP contribution in [-0.2, 0) is 5.41 Å². The highest BCUT2D eigenvalue weighted by Crippen LogP contribution is 2.34. The lowest BCUT2D eigenvalue weighted by molar-refractivity contribution is 0.303. The average Bonchev–Trinajstić information content (AvgIpc) is 2.90. The number of hydrogen-bond donors (Lipinski definition) is 0. The van der Waals surface area contributed by atoms with Gasteiger partial charge >= 0.3 is 0 Å². The van der Waals surface area contributed by atoms with Gasteiger partial charge in [-0.25, -0.2) is 0 Å². The summed E-state index contributed by atoms with van der Waals surface area (Å²) >= 11 is 0. The number of hydrogen-bond acceptors (Lipinski definition) is 3. The van der Waals surface area contributed by atoms with E-state index in [0.717, 1.165) is 37.1 Å². The lowest BCUT2D eigenvalue weighted by Crippen LogP contribution is -2.22. The maximum atomic E-state index is 5.92. The lowest BCUT2D eigenvalue weighted by Gasteiger charge is -2.24. The minimum absolute atomic E-state index is 0.00350. The van der Waals surface area contributed by atoms with Crippen LogP contribution in [0.2, 0.25) is 0 Å². The van der Waals surface area contributed by atoms with Crippen LogP contribution in [-0.4, -0.2) is 10.2 Å². The van der Waals surface area contributed by atoms with E-state index < -0.39 is 0 Å². The zero-order valence-corrected chi connectivity index (χ0v) is 12.0. The van der Waals surface area contributed by atoms with E-state index >= 15 is 0 Å². The van der Waals surface area contributed by atoms with Crippen LogP contribution >= 0.6 is 0 Å². The summed E-state index contributed by atoms with van der Waals surface area (Å²) in [6.07, 6.45) is 4.41. The first-order valence-corrected chi connectivity index (χ1v) is 7.09. The molecule has 2 aromatic rings. The highest BCUT2D eigenvalue weighted by molar-refractivity contribution is 5.51. The zero-order chi connectivity index (χ0) is 13.7. The number of aromatic nitrogens is 2. The Morgan fingerprint density at radius 3 is 2.21 bits per heavy atom. The van der Waals surface area contributed by atoms with E-state index in [0.29, 0.717) is 5.89 Å². The summed E-state index contributed by atoms with van der Waals surface area (Å²) < 4.78 is 5.92. The van der Waals surface area contributed by atoms with Crippen LogP contribution in [0.4, 0.5) is 0 Å². The molecule has 0 atom stereocenters. The lowest BCUT2D eigenvalue weighted by atomic mass is 9.81. The number of nitrogens with zero attached hydrogens (tertiary/aromatic N) is 2. The largest absolute Gasteiger partial charge is 0.420 e. The Hall–Kier alpha value is -1.64. The third kappa shape index (κ3) is 3.03. The quantitative estimate of drug-likeness (QED) is 0.760. The molecule has 1 aromatic heterocycles. The molecule has 0 saturated heterocycles. The summed E-state index contributed by atoms with van der Waals surface area (Å²) in [6.45, 7) is 6.62. The van der Waals surface area contributed by atoms with Gasteiger partial charge in [-0.05, 0) is 25.0 Å². The van der Waals surface area contributed by atoms with Crippen molar-refractivity contribution in [2.24, 2.45) is 0 Å². The molecular weight excluding hydrogens is 236 g/mol. The molecule has 0 aliphatic heterocycles. The minimum atomic E-state index is 0.00350. The molecule has 0 aliphatic rings. The molecule has 0 aliphatic carbocycles. The van der Waals surface area contributed by atoms with Crippen LogP contribution in [0.5, 0.6) is 0 Å². The molecule has 1 aromatic carbocycles. The Bertz CT molecular complexity index is 498. The average molecular weight is 258 g/mol. The van der Waals surface area contributed by atoms with Crippen molar-refractivity contribution in [2.45, 2.75) is 51.9 Å². The normalized spacial score (nSPS) is 11.7. The van der Waals surface area contributed by atoms with E-state index in [1.165, 1.54) is 0 Å². The zero-order valence-electron chi connectivity index (χ0n) is 12.0. The van der Waals surface area contributed by atoms with Gasteiger partial charge in [-0.15, -0.1) is 10.2 Å². The standard InChI is InChI=1S/C16H22N2O/c1-4-11-16(3,12-5-2)15-18-17-14(19-15)13-9-7-6-8-10-13/h6-10H,4-5,11-12H2,1-3H3. The van der Waals surface area contributed by atoms with Gasteiger partial charge in [-0.1, -0.05) is 51.8 Å². The van der Waals surface area contributed by atoms with Crippen molar-refractivity contribution < 1.29 is 4.42 Å². The summed E-state index contributed by atoms with van der Waals surface area (Å²) in [6, 6.07) is 9.94. The first kappa shape index (κ1) is 13.8. The predicted octanol–water partition coefficient (Wildman–Crippen LogP) is 4.59. The summed E-state index contributed by atoms with van der Waals surface area (Å²) in [7, 11) is 0. The molecule has 0 unspecified atom stereocenters. The molecule has 0 N–H and O–H groups in total. The molecule has 0 saturated carbocycles.